The molecule has 2 fully saturated rings. The van der Waals surface area contributed by atoms with E-state index in [1.54, 1.807) is 13.0 Å². The number of nitrogens with zero attached hydrogens (tertiary/aromatic N) is 1. The average Bonchev–Trinajstić information content (AvgIpc) is 3.63. The van der Waals surface area contributed by atoms with E-state index < -0.39 is 52.0 Å². The van der Waals surface area contributed by atoms with Crippen molar-refractivity contribution in [2.75, 3.05) is 33.4 Å². The fourth-order valence-electron chi connectivity index (χ4n) is 11.1. The first-order chi connectivity index (χ1) is 30.4. The zero-order valence-corrected chi connectivity index (χ0v) is 39.3. The van der Waals surface area contributed by atoms with Crippen molar-refractivity contribution in [2.45, 2.75) is 117 Å². The summed E-state index contributed by atoms with van der Waals surface area (Å²) in [4.78, 5) is 49.3. The molecule has 8 rings (SSSR count). The van der Waals surface area contributed by atoms with Gasteiger partial charge in [0.2, 0.25) is 0 Å². The number of allylic oxidation sites excluding steroid dienone is 4. The van der Waals surface area contributed by atoms with Crippen molar-refractivity contribution in [3.8, 4) is 17.2 Å². The Morgan fingerprint density at radius 1 is 0.953 bits per heavy atom. The van der Waals surface area contributed by atoms with Crippen molar-refractivity contribution in [1.82, 2.24) is 5.32 Å². The number of fused-ring (bicyclic) bond motifs is 7. The largest absolute Gasteiger partial charge is 0.491 e. The van der Waals surface area contributed by atoms with Crippen molar-refractivity contribution in [2.24, 2.45) is 28.7 Å². The number of aliphatic hydroxyl groups excluding tert-OH is 1. The van der Waals surface area contributed by atoms with Gasteiger partial charge in [0.25, 0.3) is 0 Å². The smallest absolute Gasteiger partial charge is 0.333 e. The van der Waals surface area contributed by atoms with Crippen LogP contribution in [0.5, 0.6) is 17.2 Å². The van der Waals surface area contributed by atoms with E-state index in [2.05, 4.69) is 71.2 Å². The van der Waals surface area contributed by atoms with E-state index in [4.69, 9.17) is 28.7 Å². The Balaban J connectivity index is 1.50. The first kappa shape index (κ1) is 45.5. The maximum absolute atomic E-state index is 15.9. The molecule has 0 aromatic heterocycles. The van der Waals surface area contributed by atoms with Crippen LogP contribution in [0, 0.1) is 23.7 Å². The lowest BCUT2D eigenvalue weighted by molar-refractivity contribution is -0.177. The molecule has 7 atom stereocenters. The number of carbonyl (C=O) groups is 3. The molecule has 340 valence electrons. The summed E-state index contributed by atoms with van der Waals surface area (Å²) in [6, 6.07) is 7.58. The molecule has 6 aliphatic rings. The van der Waals surface area contributed by atoms with Crippen LogP contribution < -0.4 is 19.5 Å². The van der Waals surface area contributed by atoms with Crippen LogP contribution in [0.4, 0.5) is 0 Å². The molecule has 0 radical (unpaired) electrons. The van der Waals surface area contributed by atoms with E-state index in [1.165, 1.54) is 12.7 Å². The van der Waals surface area contributed by atoms with Crippen molar-refractivity contribution < 1.29 is 43.2 Å². The average molecular weight is 873 g/mol. The molecule has 0 bridgehead atoms. The van der Waals surface area contributed by atoms with Crippen LogP contribution in [0.15, 0.2) is 75.9 Å². The van der Waals surface area contributed by atoms with Crippen LogP contribution in [0.2, 0.25) is 0 Å². The van der Waals surface area contributed by atoms with Crippen LogP contribution >= 0.6 is 0 Å². The maximum Gasteiger partial charge on any atom is 0.333 e. The van der Waals surface area contributed by atoms with Gasteiger partial charge >= 0.3 is 5.97 Å². The Bertz CT molecular complexity index is 2500. The second-order valence-electron chi connectivity index (χ2n) is 19.6. The zero-order valence-electron chi connectivity index (χ0n) is 39.3. The van der Waals surface area contributed by atoms with E-state index in [0.717, 1.165) is 40.7 Å². The molecule has 4 aliphatic heterocycles. The third-order valence-electron chi connectivity index (χ3n) is 14.5. The molecular weight excluding hydrogens is 809 g/mol. The monoisotopic (exact) mass is 872 g/mol. The molecule has 4 heterocycles. The molecular formula is C53H64N2O9. The number of hydrogen-bond acceptors (Lipinski definition) is 11. The van der Waals surface area contributed by atoms with Crippen LogP contribution in [0.3, 0.4) is 0 Å². The van der Waals surface area contributed by atoms with Gasteiger partial charge in [-0.25, -0.2) is 4.79 Å². The summed E-state index contributed by atoms with van der Waals surface area (Å²) in [6.07, 6.45) is 12.3. The quantitative estimate of drug-likeness (QED) is 0.0819. The van der Waals surface area contributed by atoms with Gasteiger partial charge in [-0.15, -0.1) is 0 Å². The van der Waals surface area contributed by atoms with Crippen molar-refractivity contribution in [3.63, 3.8) is 0 Å². The summed E-state index contributed by atoms with van der Waals surface area (Å²) < 4.78 is 34.5. The van der Waals surface area contributed by atoms with Gasteiger partial charge in [0.1, 0.15) is 29.5 Å². The fourth-order valence-corrected chi connectivity index (χ4v) is 11.1. The Morgan fingerprint density at radius 3 is 2.36 bits per heavy atom. The van der Waals surface area contributed by atoms with Gasteiger partial charge in [0, 0.05) is 65.1 Å². The number of carbonyl (C=O) groups excluding carboxylic acids is 3. The number of rotatable bonds is 14. The van der Waals surface area contributed by atoms with Gasteiger partial charge in [-0.2, -0.15) is 0 Å². The standard InChI is InChI=1S/C53H64N2O9/c1-29(2)15-14-22-51(10)23-21-37-45(62-51)36(19-18-30(3)4)47-40(46(37)61-28-26-54-25-27-56)43-41-38(39-42(55-43)34-16-12-13-17-35(34)44(39)57)32(6)48(58)52(24-20-31(5)49(59)60-11)53(41,63-47)33(7)50(8,9)64-52/h12-13,15-18,20-21,23,32-33,38-39,54,56H,14,19,22,24-28H2,1-11H3/b31-20-. The third-order valence-corrected chi connectivity index (χ3v) is 14.5. The van der Waals surface area contributed by atoms with E-state index in [-0.39, 0.29) is 31.2 Å². The highest BCUT2D eigenvalue weighted by molar-refractivity contribution is 6.30. The van der Waals surface area contributed by atoms with Gasteiger partial charge in [-0.3, -0.25) is 14.6 Å². The van der Waals surface area contributed by atoms with Crippen LogP contribution in [0.1, 0.15) is 121 Å². The Kier molecular flexibility index (Phi) is 11.9. The number of methoxy groups -OCH3 is 1. The highest BCUT2D eigenvalue weighted by atomic mass is 16.6. The molecule has 1 saturated carbocycles. The van der Waals surface area contributed by atoms with Gasteiger partial charge in [0.05, 0.1) is 47.8 Å². The van der Waals surface area contributed by atoms with Crippen molar-refractivity contribution in [3.05, 3.63) is 98.7 Å². The SMILES string of the molecule is COC(=O)/C(C)=C\CC12OC(C)(C)C(C)C13Oc1c(CC=C(C)C)c4c(c(OCCNCCO)c1C1=C3C(C(C)C2=O)C2C(=O)c3ccccc3C2=N1)C=CC(C)(CCC=C(C)C)O4. The summed E-state index contributed by atoms with van der Waals surface area (Å²) in [5.41, 5.74) is 3.40. The number of aliphatic hydroxyl groups is 1. The zero-order chi connectivity index (χ0) is 46.1. The number of nitrogens with one attached hydrogen (secondary N) is 1. The maximum atomic E-state index is 15.9. The second kappa shape index (κ2) is 16.7. The Hall–Kier alpha value is -5.10. The number of esters is 1. The van der Waals surface area contributed by atoms with Gasteiger partial charge in [0.15, 0.2) is 22.8 Å². The van der Waals surface area contributed by atoms with Gasteiger partial charge in [-0.1, -0.05) is 67.5 Å². The van der Waals surface area contributed by atoms with E-state index in [9.17, 15) is 14.7 Å². The van der Waals surface area contributed by atoms with Crippen molar-refractivity contribution in [1.29, 1.82) is 0 Å². The lowest BCUT2D eigenvalue weighted by Crippen LogP contribution is -2.71. The summed E-state index contributed by atoms with van der Waals surface area (Å²) in [7, 11) is 1.34. The van der Waals surface area contributed by atoms with E-state index in [1.807, 2.05) is 45.0 Å². The first-order valence-electron chi connectivity index (χ1n) is 22.9. The first-order valence-corrected chi connectivity index (χ1v) is 22.9. The number of benzene rings is 2. The highest BCUT2D eigenvalue weighted by Gasteiger charge is 2.79. The third kappa shape index (κ3) is 6.95. The topological polar surface area (TPSA) is 142 Å². The minimum Gasteiger partial charge on any atom is -0.491 e. The molecule has 2 aliphatic carbocycles. The molecule has 7 unspecified atom stereocenters. The van der Waals surface area contributed by atoms with E-state index >= 15 is 4.79 Å². The van der Waals surface area contributed by atoms with Crippen LogP contribution in [-0.2, 0) is 25.5 Å². The van der Waals surface area contributed by atoms with Gasteiger partial charge < -0.3 is 34.1 Å². The summed E-state index contributed by atoms with van der Waals surface area (Å²) in [5.74, 6) is -1.70. The molecule has 2 aromatic carbocycles. The predicted molar refractivity (Wildman–Crippen MR) is 248 cm³/mol. The summed E-state index contributed by atoms with van der Waals surface area (Å²) in [5, 5.41) is 12.8. The molecule has 11 heteroatoms. The molecule has 1 saturated heterocycles. The normalized spacial score (nSPS) is 28.9. The van der Waals surface area contributed by atoms with Gasteiger partial charge in [-0.05, 0) is 86.8 Å². The summed E-state index contributed by atoms with van der Waals surface area (Å²) >= 11 is 0. The van der Waals surface area contributed by atoms with Crippen LogP contribution in [0.25, 0.3) is 11.8 Å². The second-order valence-corrected chi connectivity index (χ2v) is 19.6. The van der Waals surface area contributed by atoms with Crippen molar-refractivity contribution >= 4 is 35.0 Å². The molecule has 2 N–H and O–H groups in total. The molecule has 64 heavy (non-hydrogen) atoms. The number of ketones is 2. The Morgan fingerprint density at radius 2 is 1.67 bits per heavy atom. The van der Waals surface area contributed by atoms with Crippen LogP contribution in [-0.4, -0.2) is 84.2 Å². The number of Topliss-reactive ketones (excluding diaryl/α,β-unsaturated/α-hetero) is 2. The summed E-state index contributed by atoms with van der Waals surface area (Å²) in [6.45, 7) is 21.1. The lowest BCUT2D eigenvalue weighted by atomic mass is 9.51. The lowest BCUT2D eigenvalue weighted by Gasteiger charge is -2.58. The number of aliphatic imine (C=N–C) groups is 1. The predicted octanol–water partition coefficient (Wildman–Crippen LogP) is 8.75. The minimum absolute atomic E-state index is 0.00885. The molecule has 1 spiro atoms. The molecule has 2 aromatic rings. The number of hydrogen-bond donors (Lipinski definition) is 2. The molecule has 11 nitrogen and oxygen atoms in total. The number of ether oxygens (including phenoxy) is 5. The fraction of sp³-hybridized carbons (Fsp3) is 0.509. The van der Waals surface area contributed by atoms with E-state index in [0.29, 0.717) is 64.9 Å². The minimum atomic E-state index is -1.65. The Labute approximate surface area is 377 Å². The molecule has 0 amide bonds. The highest BCUT2D eigenvalue weighted by Crippen LogP contribution is 2.70.